The van der Waals surface area contributed by atoms with E-state index in [0.29, 0.717) is 12.1 Å². The van der Waals surface area contributed by atoms with Crippen LogP contribution >= 0.6 is 0 Å². The predicted octanol–water partition coefficient (Wildman–Crippen LogP) is 4.10. The van der Waals surface area contributed by atoms with Crippen LogP contribution in [0, 0.1) is 0 Å². The fraction of sp³-hybridized carbons (Fsp3) is 0.471. The monoisotopic (exact) mass is 271 g/mol. The molecule has 2 aromatic rings. The van der Waals surface area contributed by atoms with Gasteiger partial charge < -0.3 is 5.32 Å². The molecule has 1 heterocycles. The summed E-state index contributed by atoms with van der Waals surface area (Å²) in [5, 5.41) is 8.09. The lowest BCUT2D eigenvalue weighted by molar-refractivity contribution is 0.439. The molecule has 3 nitrogen and oxygen atoms in total. The smallest absolute Gasteiger partial charge is 0.0537 e. The topological polar surface area (TPSA) is 29.9 Å². The Balaban J connectivity index is 2.07. The number of benzene rings is 1. The first-order chi connectivity index (χ1) is 9.74. The molecule has 0 spiro atoms. The molecule has 1 aromatic heterocycles. The number of hydrogen-bond acceptors (Lipinski definition) is 2. The van der Waals surface area contributed by atoms with Crippen molar-refractivity contribution in [3.63, 3.8) is 0 Å². The number of nitrogens with zero attached hydrogens (tertiary/aromatic N) is 2. The van der Waals surface area contributed by atoms with Crippen LogP contribution in [0.2, 0.25) is 0 Å². The number of nitrogens with one attached hydrogen (secondary N) is 1. The summed E-state index contributed by atoms with van der Waals surface area (Å²) in [5.74, 6) is 0. The van der Waals surface area contributed by atoms with E-state index in [0.717, 1.165) is 13.0 Å². The van der Waals surface area contributed by atoms with E-state index in [1.54, 1.807) is 0 Å². The maximum Gasteiger partial charge on any atom is 0.0537 e. The Labute approximate surface area is 122 Å². The van der Waals surface area contributed by atoms with Gasteiger partial charge in [0.1, 0.15) is 0 Å². The minimum Gasteiger partial charge on any atom is -0.303 e. The van der Waals surface area contributed by atoms with Crippen molar-refractivity contribution in [3.05, 3.63) is 53.9 Å². The Morgan fingerprint density at radius 3 is 2.50 bits per heavy atom. The van der Waals surface area contributed by atoms with Crippen molar-refractivity contribution in [1.82, 2.24) is 15.1 Å². The Hall–Kier alpha value is -1.61. The van der Waals surface area contributed by atoms with E-state index in [9.17, 15) is 0 Å². The van der Waals surface area contributed by atoms with Crippen LogP contribution in [0.3, 0.4) is 0 Å². The first-order valence-corrected chi connectivity index (χ1v) is 7.58. The van der Waals surface area contributed by atoms with Crippen molar-refractivity contribution in [2.75, 3.05) is 0 Å². The van der Waals surface area contributed by atoms with Gasteiger partial charge in [-0.15, -0.1) is 0 Å². The minimum absolute atomic E-state index is 0.312. The molecule has 2 atom stereocenters. The summed E-state index contributed by atoms with van der Waals surface area (Å²) in [6, 6.07) is 11.4. The number of aryl methyl sites for hydroxylation is 1. The molecule has 0 bridgehead atoms. The molecule has 2 unspecified atom stereocenters. The van der Waals surface area contributed by atoms with Gasteiger partial charge >= 0.3 is 0 Å². The number of hydrogen-bond donors (Lipinski definition) is 1. The van der Waals surface area contributed by atoms with Gasteiger partial charge in [-0.05, 0) is 25.8 Å². The normalized spacial score (nSPS) is 14.2. The van der Waals surface area contributed by atoms with Crippen molar-refractivity contribution in [2.24, 2.45) is 0 Å². The van der Waals surface area contributed by atoms with Crippen LogP contribution in [0.4, 0.5) is 0 Å². The highest BCUT2D eigenvalue weighted by atomic mass is 15.3. The van der Waals surface area contributed by atoms with Crippen molar-refractivity contribution < 1.29 is 0 Å². The molecule has 108 valence electrons. The summed E-state index contributed by atoms with van der Waals surface area (Å²) in [7, 11) is 0. The van der Waals surface area contributed by atoms with Crippen LogP contribution in [-0.4, -0.2) is 9.78 Å². The second-order valence-electron chi connectivity index (χ2n) is 5.27. The van der Waals surface area contributed by atoms with Gasteiger partial charge in [0, 0.05) is 30.4 Å². The average molecular weight is 271 g/mol. The summed E-state index contributed by atoms with van der Waals surface area (Å²) in [6.07, 6.45) is 6.42. The first-order valence-electron chi connectivity index (χ1n) is 7.58. The summed E-state index contributed by atoms with van der Waals surface area (Å²) >= 11 is 0. The third kappa shape index (κ3) is 3.70. The highest BCUT2D eigenvalue weighted by Gasteiger charge is 2.15. The highest BCUT2D eigenvalue weighted by molar-refractivity contribution is 5.20. The van der Waals surface area contributed by atoms with Crippen LogP contribution < -0.4 is 5.32 Å². The first kappa shape index (κ1) is 14.8. The van der Waals surface area contributed by atoms with Crippen molar-refractivity contribution in [3.8, 4) is 0 Å². The fourth-order valence-electron chi connectivity index (χ4n) is 2.49. The largest absolute Gasteiger partial charge is 0.303 e. The molecule has 0 radical (unpaired) electrons. The minimum atomic E-state index is 0.312. The lowest BCUT2D eigenvalue weighted by Gasteiger charge is -2.23. The van der Waals surface area contributed by atoms with Crippen LogP contribution in [0.5, 0.6) is 0 Å². The molecule has 1 N–H and O–H groups in total. The Bertz CT molecular complexity index is 504. The lowest BCUT2D eigenvalue weighted by Crippen LogP contribution is -2.24. The van der Waals surface area contributed by atoms with Crippen LogP contribution in [0.1, 0.15) is 56.8 Å². The van der Waals surface area contributed by atoms with Gasteiger partial charge in [-0.25, -0.2) is 0 Å². The van der Waals surface area contributed by atoms with E-state index in [4.69, 9.17) is 0 Å². The average Bonchev–Trinajstić information content (AvgIpc) is 2.97. The molecule has 1 aromatic carbocycles. The van der Waals surface area contributed by atoms with Gasteiger partial charge in [-0.2, -0.15) is 5.10 Å². The zero-order valence-electron chi connectivity index (χ0n) is 12.7. The summed E-state index contributed by atoms with van der Waals surface area (Å²) in [6.45, 7) is 7.47. The molecule has 0 fully saturated rings. The molecule has 2 rings (SSSR count). The van der Waals surface area contributed by atoms with Crippen molar-refractivity contribution in [1.29, 1.82) is 0 Å². The van der Waals surface area contributed by atoms with E-state index in [-0.39, 0.29) is 0 Å². The van der Waals surface area contributed by atoms with Gasteiger partial charge in [-0.3, -0.25) is 4.68 Å². The predicted molar refractivity (Wildman–Crippen MR) is 83.5 cm³/mol. The maximum absolute atomic E-state index is 4.36. The zero-order valence-corrected chi connectivity index (χ0v) is 12.7. The quantitative estimate of drug-likeness (QED) is 0.822. The third-order valence-corrected chi connectivity index (χ3v) is 3.71. The Morgan fingerprint density at radius 1 is 1.15 bits per heavy atom. The second kappa shape index (κ2) is 7.25. The molecule has 20 heavy (non-hydrogen) atoms. The SMILES string of the molecule is CCCC(NC(C)c1cnn(CC)c1)c1ccccc1. The van der Waals surface area contributed by atoms with Crippen LogP contribution in [0.15, 0.2) is 42.7 Å². The molecule has 0 aliphatic carbocycles. The van der Waals surface area contributed by atoms with E-state index in [2.05, 4.69) is 67.7 Å². The summed E-state index contributed by atoms with van der Waals surface area (Å²) in [4.78, 5) is 0. The van der Waals surface area contributed by atoms with Crippen molar-refractivity contribution in [2.45, 2.75) is 52.2 Å². The van der Waals surface area contributed by atoms with Gasteiger partial charge in [0.25, 0.3) is 0 Å². The van der Waals surface area contributed by atoms with E-state index < -0.39 is 0 Å². The standard InChI is InChI=1S/C17H25N3/c1-4-9-17(15-10-7-6-8-11-15)19-14(3)16-12-18-20(5-2)13-16/h6-8,10-14,17,19H,4-5,9H2,1-3H3. The Kier molecular flexibility index (Phi) is 5.36. The third-order valence-electron chi connectivity index (χ3n) is 3.71. The molecule has 0 saturated heterocycles. The van der Waals surface area contributed by atoms with Crippen LogP contribution in [0.25, 0.3) is 0 Å². The number of aromatic nitrogens is 2. The maximum atomic E-state index is 4.36. The molecular weight excluding hydrogens is 246 g/mol. The van der Waals surface area contributed by atoms with Gasteiger partial charge in [-0.1, -0.05) is 43.7 Å². The van der Waals surface area contributed by atoms with E-state index >= 15 is 0 Å². The second-order valence-corrected chi connectivity index (χ2v) is 5.27. The molecular formula is C17H25N3. The highest BCUT2D eigenvalue weighted by Crippen LogP contribution is 2.23. The van der Waals surface area contributed by atoms with Crippen LogP contribution in [-0.2, 0) is 6.54 Å². The summed E-state index contributed by atoms with van der Waals surface area (Å²) in [5.41, 5.74) is 2.62. The lowest BCUT2D eigenvalue weighted by atomic mass is 10.0. The van der Waals surface area contributed by atoms with E-state index in [1.807, 2.05) is 10.9 Å². The molecule has 0 aliphatic heterocycles. The molecule has 3 heteroatoms. The molecule has 0 aliphatic rings. The van der Waals surface area contributed by atoms with Gasteiger partial charge in [0.2, 0.25) is 0 Å². The molecule has 0 amide bonds. The van der Waals surface area contributed by atoms with E-state index in [1.165, 1.54) is 17.5 Å². The zero-order chi connectivity index (χ0) is 14.4. The fourth-order valence-corrected chi connectivity index (χ4v) is 2.49. The Morgan fingerprint density at radius 2 is 1.90 bits per heavy atom. The molecule has 0 saturated carbocycles. The van der Waals surface area contributed by atoms with Crippen molar-refractivity contribution >= 4 is 0 Å². The summed E-state index contributed by atoms with van der Waals surface area (Å²) < 4.78 is 1.98. The van der Waals surface area contributed by atoms with Gasteiger partial charge in [0.05, 0.1) is 6.20 Å². The number of rotatable bonds is 7. The van der Waals surface area contributed by atoms with Gasteiger partial charge in [0.15, 0.2) is 0 Å².